The first-order valence-electron chi connectivity index (χ1n) is 12.6. The Bertz CT molecular complexity index is 631. The van der Waals surface area contributed by atoms with Crippen molar-refractivity contribution < 1.29 is 4.74 Å². The van der Waals surface area contributed by atoms with E-state index in [1.807, 2.05) is 0 Å². The van der Waals surface area contributed by atoms with Crippen molar-refractivity contribution in [2.24, 2.45) is 0 Å². The van der Waals surface area contributed by atoms with Crippen molar-refractivity contribution in [2.45, 2.75) is 118 Å². The number of hydrogen-bond acceptors (Lipinski definition) is 2. The van der Waals surface area contributed by atoms with Gasteiger partial charge in [0.2, 0.25) is 0 Å². The number of ether oxygens (including phenoxy) is 1. The first kappa shape index (κ1) is 27.9. The summed E-state index contributed by atoms with van der Waals surface area (Å²) in [6, 6.07) is 0. The van der Waals surface area contributed by atoms with E-state index in [9.17, 15) is 0 Å². The van der Waals surface area contributed by atoms with Gasteiger partial charge < -0.3 is 9.64 Å². The molecule has 31 heavy (non-hydrogen) atoms. The number of allylic oxidation sites excluding steroid dienone is 7. The largest absolute Gasteiger partial charge is 0.367 e. The van der Waals surface area contributed by atoms with E-state index in [1.165, 1.54) is 80.2 Å². The highest BCUT2D eigenvalue weighted by Crippen LogP contribution is 2.38. The van der Waals surface area contributed by atoms with Gasteiger partial charge in [-0.15, -0.1) is 0 Å². The summed E-state index contributed by atoms with van der Waals surface area (Å²) >= 11 is 0. The number of epoxide rings is 1. The minimum Gasteiger partial charge on any atom is -0.367 e. The molecule has 2 nitrogen and oxygen atoms in total. The average Bonchev–Trinajstić information content (AvgIpc) is 3.30. The van der Waals surface area contributed by atoms with Gasteiger partial charge in [0.1, 0.15) is 0 Å². The van der Waals surface area contributed by atoms with E-state index in [2.05, 4.69) is 84.7 Å². The van der Waals surface area contributed by atoms with Crippen LogP contribution in [0, 0.1) is 0 Å². The summed E-state index contributed by atoms with van der Waals surface area (Å²) in [6.45, 7) is 17.9. The van der Waals surface area contributed by atoms with Crippen LogP contribution in [0.2, 0.25) is 0 Å². The fourth-order valence-corrected chi connectivity index (χ4v) is 3.89. The Kier molecular flexibility index (Phi) is 13.4. The zero-order chi connectivity index (χ0) is 23.3. The van der Waals surface area contributed by atoms with Crippen molar-refractivity contribution in [1.29, 1.82) is 0 Å². The number of nitrogens with zero attached hydrogens (tertiary/aromatic N) is 1. The Balaban J connectivity index is 2.08. The van der Waals surface area contributed by atoms with E-state index in [0.29, 0.717) is 6.10 Å². The predicted molar refractivity (Wildman–Crippen MR) is 139 cm³/mol. The van der Waals surface area contributed by atoms with Crippen molar-refractivity contribution in [3.05, 3.63) is 46.6 Å². The SMILES string of the molecule is CC(C)=CCC/C(C)=C/CCC(C)=CCCCN(C)CC/C=C(/C)CCC1OC1(C)C. The molecule has 0 bridgehead atoms. The second-order valence-electron chi connectivity index (χ2n) is 10.5. The number of hydrogen-bond donors (Lipinski definition) is 0. The highest BCUT2D eigenvalue weighted by Gasteiger charge is 2.46. The Morgan fingerprint density at radius 1 is 0.742 bits per heavy atom. The molecule has 2 heteroatoms. The van der Waals surface area contributed by atoms with E-state index >= 15 is 0 Å². The van der Waals surface area contributed by atoms with Crippen LogP contribution >= 0.6 is 0 Å². The summed E-state index contributed by atoms with van der Waals surface area (Å²) in [6.07, 6.45) is 20.8. The van der Waals surface area contributed by atoms with Gasteiger partial charge in [0, 0.05) is 6.54 Å². The third kappa shape index (κ3) is 14.5. The standard InChI is InChI=1S/C29H51NO/c1-24(2)14-11-16-26(4)18-12-17-25(3)15-9-10-22-30(8)23-13-19-27(5)20-21-28-29(6,7)31-28/h14-15,18-19,28H,9-13,16-17,20-23H2,1-8H3/b25-15?,26-18+,27-19-. The van der Waals surface area contributed by atoms with E-state index in [4.69, 9.17) is 4.74 Å². The molecular formula is C29H51NO. The molecule has 1 aliphatic rings. The van der Waals surface area contributed by atoms with Gasteiger partial charge in [-0.3, -0.25) is 0 Å². The molecule has 0 aliphatic carbocycles. The van der Waals surface area contributed by atoms with Gasteiger partial charge in [0.05, 0.1) is 11.7 Å². The molecule has 0 aromatic heterocycles. The third-order valence-corrected chi connectivity index (χ3v) is 6.33. The minimum atomic E-state index is 0.133. The quantitative estimate of drug-likeness (QED) is 0.139. The molecule has 178 valence electrons. The Labute approximate surface area is 194 Å². The smallest absolute Gasteiger partial charge is 0.0892 e. The van der Waals surface area contributed by atoms with Crippen LogP contribution in [0.15, 0.2) is 46.6 Å². The molecule has 1 unspecified atom stereocenters. The van der Waals surface area contributed by atoms with Crippen molar-refractivity contribution in [2.75, 3.05) is 20.1 Å². The van der Waals surface area contributed by atoms with Crippen LogP contribution in [0.4, 0.5) is 0 Å². The van der Waals surface area contributed by atoms with E-state index < -0.39 is 0 Å². The van der Waals surface area contributed by atoms with Crippen LogP contribution in [0.25, 0.3) is 0 Å². The lowest BCUT2D eigenvalue weighted by Crippen LogP contribution is -2.20. The third-order valence-electron chi connectivity index (χ3n) is 6.33. The Morgan fingerprint density at radius 2 is 1.26 bits per heavy atom. The summed E-state index contributed by atoms with van der Waals surface area (Å²) in [5.74, 6) is 0. The minimum absolute atomic E-state index is 0.133. The maximum Gasteiger partial charge on any atom is 0.0892 e. The van der Waals surface area contributed by atoms with Crippen LogP contribution in [-0.2, 0) is 4.74 Å². The molecular weight excluding hydrogens is 378 g/mol. The first-order valence-corrected chi connectivity index (χ1v) is 12.6. The van der Waals surface area contributed by atoms with Crippen LogP contribution in [0.1, 0.15) is 106 Å². The fraction of sp³-hybridized carbons (Fsp3) is 0.724. The maximum atomic E-state index is 5.68. The van der Waals surface area contributed by atoms with Crippen LogP contribution in [-0.4, -0.2) is 36.7 Å². The highest BCUT2D eigenvalue weighted by molar-refractivity contribution is 5.05. The monoisotopic (exact) mass is 429 g/mol. The van der Waals surface area contributed by atoms with E-state index in [0.717, 1.165) is 13.0 Å². The van der Waals surface area contributed by atoms with Crippen molar-refractivity contribution >= 4 is 0 Å². The van der Waals surface area contributed by atoms with Gasteiger partial charge in [-0.2, -0.15) is 0 Å². The molecule has 0 aromatic rings. The van der Waals surface area contributed by atoms with Gasteiger partial charge in [0.25, 0.3) is 0 Å². The zero-order valence-electron chi connectivity index (χ0n) is 22.0. The van der Waals surface area contributed by atoms with Gasteiger partial charge in [-0.05, 0) is 120 Å². The second kappa shape index (κ2) is 14.9. The van der Waals surface area contributed by atoms with E-state index in [1.54, 1.807) is 0 Å². The van der Waals surface area contributed by atoms with Crippen molar-refractivity contribution in [3.8, 4) is 0 Å². The zero-order valence-corrected chi connectivity index (χ0v) is 22.0. The molecule has 0 aromatic carbocycles. The molecule has 1 heterocycles. The molecule has 0 radical (unpaired) electrons. The Hall–Kier alpha value is -1.12. The fourth-order valence-electron chi connectivity index (χ4n) is 3.89. The number of rotatable bonds is 16. The molecule has 0 saturated carbocycles. The Morgan fingerprint density at radius 3 is 1.84 bits per heavy atom. The van der Waals surface area contributed by atoms with Gasteiger partial charge in [-0.1, -0.05) is 46.6 Å². The normalized spacial score (nSPS) is 19.1. The summed E-state index contributed by atoms with van der Waals surface area (Å²) < 4.78 is 5.68. The number of unbranched alkanes of at least 4 members (excludes halogenated alkanes) is 1. The van der Waals surface area contributed by atoms with Crippen LogP contribution in [0.5, 0.6) is 0 Å². The van der Waals surface area contributed by atoms with Crippen LogP contribution in [0.3, 0.4) is 0 Å². The molecule has 1 aliphatic heterocycles. The molecule has 1 fully saturated rings. The van der Waals surface area contributed by atoms with Gasteiger partial charge >= 0.3 is 0 Å². The van der Waals surface area contributed by atoms with Crippen LogP contribution < -0.4 is 0 Å². The first-order chi connectivity index (χ1) is 14.6. The maximum absolute atomic E-state index is 5.68. The van der Waals surface area contributed by atoms with Crippen molar-refractivity contribution in [1.82, 2.24) is 4.90 Å². The topological polar surface area (TPSA) is 15.8 Å². The summed E-state index contributed by atoms with van der Waals surface area (Å²) in [5, 5.41) is 0. The van der Waals surface area contributed by atoms with Gasteiger partial charge in [-0.25, -0.2) is 0 Å². The molecule has 0 spiro atoms. The predicted octanol–water partition coefficient (Wildman–Crippen LogP) is 8.41. The lowest BCUT2D eigenvalue weighted by atomic mass is 10.0. The lowest BCUT2D eigenvalue weighted by Gasteiger charge is -2.15. The molecule has 1 atom stereocenters. The molecule has 1 rings (SSSR count). The molecule has 0 amide bonds. The van der Waals surface area contributed by atoms with E-state index in [-0.39, 0.29) is 5.60 Å². The summed E-state index contributed by atoms with van der Waals surface area (Å²) in [4.78, 5) is 2.47. The van der Waals surface area contributed by atoms with Crippen molar-refractivity contribution in [3.63, 3.8) is 0 Å². The summed E-state index contributed by atoms with van der Waals surface area (Å²) in [7, 11) is 2.25. The summed E-state index contributed by atoms with van der Waals surface area (Å²) in [5.41, 5.74) is 6.14. The second-order valence-corrected chi connectivity index (χ2v) is 10.5. The van der Waals surface area contributed by atoms with Gasteiger partial charge in [0.15, 0.2) is 0 Å². The highest BCUT2D eigenvalue weighted by atomic mass is 16.6. The molecule has 0 N–H and O–H groups in total. The molecule has 1 saturated heterocycles. The lowest BCUT2D eigenvalue weighted by molar-refractivity contribution is 0.320. The average molecular weight is 430 g/mol.